The van der Waals surface area contributed by atoms with Gasteiger partial charge in [0, 0.05) is 32.1 Å². The third-order valence-electron chi connectivity index (χ3n) is 3.12. The molecule has 1 unspecified atom stereocenters. The van der Waals surface area contributed by atoms with Gasteiger partial charge in [-0.05, 0) is 25.0 Å². The van der Waals surface area contributed by atoms with Crippen molar-refractivity contribution in [2.45, 2.75) is 25.5 Å². The number of nitrogens with zero attached hydrogens (tertiary/aromatic N) is 2. The lowest BCUT2D eigenvalue weighted by molar-refractivity contribution is 0.110. The van der Waals surface area contributed by atoms with Gasteiger partial charge in [-0.3, -0.25) is 0 Å². The molecule has 0 amide bonds. The fourth-order valence-corrected chi connectivity index (χ4v) is 2.24. The topological polar surface area (TPSA) is 38.6 Å². The Balaban J connectivity index is 1.57. The summed E-state index contributed by atoms with van der Waals surface area (Å²) in [7, 11) is 0. The lowest BCUT2D eigenvalue weighted by atomic mass is 10.2. The summed E-state index contributed by atoms with van der Waals surface area (Å²) in [4.78, 5) is 4.54. The van der Waals surface area contributed by atoms with E-state index >= 15 is 0 Å². The number of hydrogen-bond acceptors (Lipinski definition) is 3. The van der Waals surface area contributed by atoms with Crippen molar-refractivity contribution in [1.29, 1.82) is 0 Å². The number of rotatable bonds is 4. The highest BCUT2D eigenvalue weighted by Crippen LogP contribution is 2.11. The molecule has 0 aliphatic carbocycles. The number of nitrogens with one attached hydrogen (secondary N) is 1. The Kier molecular flexibility index (Phi) is 3.07. The number of pyridine rings is 1. The van der Waals surface area contributed by atoms with Gasteiger partial charge in [0.25, 0.3) is 0 Å². The minimum Gasteiger partial charge on any atom is -0.377 e. The van der Waals surface area contributed by atoms with Crippen LogP contribution in [0.25, 0.3) is 5.65 Å². The van der Waals surface area contributed by atoms with Gasteiger partial charge in [0.1, 0.15) is 5.65 Å². The number of ether oxygens (including phenoxy) is 1. The molecule has 2 aromatic heterocycles. The van der Waals surface area contributed by atoms with E-state index in [1.54, 1.807) is 0 Å². The Bertz CT molecular complexity index is 455. The van der Waals surface area contributed by atoms with E-state index in [4.69, 9.17) is 4.74 Å². The van der Waals surface area contributed by atoms with Crippen molar-refractivity contribution in [3.8, 4) is 0 Å². The molecule has 3 rings (SSSR count). The fourth-order valence-electron chi connectivity index (χ4n) is 2.24. The molecule has 1 N–H and O–H groups in total. The third kappa shape index (κ3) is 2.48. The monoisotopic (exact) mass is 231 g/mol. The van der Waals surface area contributed by atoms with Crippen LogP contribution in [0, 0.1) is 0 Å². The summed E-state index contributed by atoms with van der Waals surface area (Å²) >= 11 is 0. The molecule has 1 saturated heterocycles. The molecule has 1 aliphatic rings. The minimum atomic E-state index is 0.395. The normalized spacial score (nSPS) is 20.1. The van der Waals surface area contributed by atoms with Crippen molar-refractivity contribution in [2.75, 3.05) is 13.2 Å². The number of fused-ring (bicyclic) bond motifs is 1. The quantitative estimate of drug-likeness (QED) is 0.868. The molecule has 90 valence electrons. The summed E-state index contributed by atoms with van der Waals surface area (Å²) in [5.74, 6) is 0. The van der Waals surface area contributed by atoms with E-state index in [0.717, 1.165) is 31.0 Å². The second-order valence-electron chi connectivity index (χ2n) is 4.46. The van der Waals surface area contributed by atoms with Crippen LogP contribution in [0.2, 0.25) is 0 Å². The second kappa shape index (κ2) is 4.85. The summed E-state index contributed by atoms with van der Waals surface area (Å²) in [6.07, 6.45) is 6.86. The lowest BCUT2D eigenvalue weighted by Gasteiger charge is -2.09. The molecule has 0 saturated carbocycles. The zero-order valence-corrected chi connectivity index (χ0v) is 9.80. The highest BCUT2D eigenvalue weighted by molar-refractivity contribution is 5.39. The van der Waals surface area contributed by atoms with Gasteiger partial charge in [-0.2, -0.15) is 0 Å². The zero-order valence-electron chi connectivity index (χ0n) is 9.80. The number of hydrogen-bond donors (Lipinski definition) is 1. The molecule has 0 radical (unpaired) electrons. The largest absolute Gasteiger partial charge is 0.377 e. The average Bonchev–Trinajstić information content (AvgIpc) is 2.96. The van der Waals surface area contributed by atoms with Crippen LogP contribution in [-0.2, 0) is 11.3 Å². The van der Waals surface area contributed by atoms with E-state index in [9.17, 15) is 0 Å². The molecule has 4 nitrogen and oxygen atoms in total. The van der Waals surface area contributed by atoms with Gasteiger partial charge in [-0.1, -0.05) is 6.07 Å². The molecule has 0 bridgehead atoms. The van der Waals surface area contributed by atoms with Gasteiger partial charge in [-0.15, -0.1) is 0 Å². The number of imidazole rings is 1. The van der Waals surface area contributed by atoms with Crippen LogP contribution >= 0.6 is 0 Å². The first-order valence-corrected chi connectivity index (χ1v) is 6.17. The summed E-state index contributed by atoms with van der Waals surface area (Å²) in [5.41, 5.74) is 2.08. The van der Waals surface area contributed by atoms with Crippen LogP contribution in [-0.4, -0.2) is 28.6 Å². The van der Waals surface area contributed by atoms with E-state index in [2.05, 4.69) is 16.5 Å². The summed E-state index contributed by atoms with van der Waals surface area (Å²) in [6, 6.07) is 6.04. The van der Waals surface area contributed by atoms with Crippen molar-refractivity contribution < 1.29 is 4.74 Å². The SMILES string of the molecule is c1ccn2cc(CNCC3CCCO3)nc2c1. The third-order valence-corrected chi connectivity index (χ3v) is 3.12. The van der Waals surface area contributed by atoms with E-state index < -0.39 is 0 Å². The molecular weight excluding hydrogens is 214 g/mol. The van der Waals surface area contributed by atoms with Crippen molar-refractivity contribution in [3.63, 3.8) is 0 Å². The Hall–Kier alpha value is -1.39. The fraction of sp³-hybridized carbons (Fsp3) is 0.462. The molecule has 1 atom stereocenters. The molecule has 1 fully saturated rings. The van der Waals surface area contributed by atoms with Crippen LogP contribution in [0.3, 0.4) is 0 Å². The average molecular weight is 231 g/mol. The molecule has 0 spiro atoms. The first-order chi connectivity index (χ1) is 8.42. The van der Waals surface area contributed by atoms with Crippen molar-refractivity contribution in [3.05, 3.63) is 36.3 Å². The zero-order chi connectivity index (χ0) is 11.5. The maximum atomic E-state index is 5.56. The molecular formula is C13H17N3O. The second-order valence-corrected chi connectivity index (χ2v) is 4.46. The Morgan fingerprint density at radius 2 is 2.47 bits per heavy atom. The highest BCUT2D eigenvalue weighted by atomic mass is 16.5. The van der Waals surface area contributed by atoms with Gasteiger partial charge in [0.2, 0.25) is 0 Å². The molecule has 1 aliphatic heterocycles. The van der Waals surface area contributed by atoms with Gasteiger partial charge >= 0.3 is 0 Å². The minimum absolute atomic E-state index is 0.395. The van der Waals surface area contributed by atoms with Crippen LogP contribution in [0.15, 0.2) is 30.6 Å². The first-order valence-electron chi connectivity index (χ1n) is 6.17. The summed E-state index contributed by atoms with van der Waals surface area (Å²) in [5, 5.41) is 3.40. The predicted molar refractivity (Wildman–Crippen MR) is 65.9 cm³/mol. The molecule has 2 aromatic rings. The van der Waals surface area contributed by atoms with Crippen molar-refractivity contribution >= 4 is 5.65 Å². The van der Waals surface area contributed by atoms with Gasteiger partial charge < -0.3 is 14.5 Å². The van der Waals surface area contributed by atoms with E-state index in [0.29, 0.717) is 6.10 Å². The molecule has 17 heavy (non-hydrogen) atoms. The van der Waals surface area contributed by atoms with E-state index in [1.165, 1.54) is 12.8 Å². The van der Waals surface area contributed by atoms with E-state index in [1.807, 2.05) is 28.8 Å². The van der Waals surface area contributed by atoms with E-state index in [-0.39, 0.29) is 0 Å². The van der Waals surface area contributed by atoms with Crippen molar-refractivity contribution in [1.82, 2.24) is 14.7 Å². The van der Waals surface area contributed by atoms with Crippen molar-refractivity contribution in [2.24, 2.45) is 0 Å². The van der Waals surface area contributed by atoms with Crippen LogP contribution in [0.4, 0.5) is 0 Å². The Morgan fingerprint density at radius 3 is 3.29 bits per heavy atom. The molecule has 4 heteroatoms. The summed E-state index contributed by atoms with van der Waals surface area (Å²) in [6.45, 7) is 2.65. The van der Waals surface area contributed by atoms with Gasteiger partial charge in [0.15, 0.2) is 0 Å². The van der Waals surface area contributed by atoms with Crippen LogP contribution in [0.1, 0.15) is 18.5 Å². The van der Waals surface area contributed by atoms with Crippen LogP contribution < -0.4 is 5.32 Å². The van der Waals surface area contributed by atoms with Gasteiger partial charge in [-0.25, -0.2) is 4.98 Å². The Morgan fingerprint density at radius 1 is 1.47 bits per heavy atom. The predicted octanol–water partition coefficient (Wildman–Crippen LogP) is 1.60. The lowest BCUT2D eigenvalue weighted by Crippen LogP contribution is -2.25. The molecule has 0 aromatic carbocycles. The van der Waals surface area contributed by atoms with Gasteiger partial charge in [0.05, 0.1) is 11.8 Å². The first kappa shape index (κ1) is 10.7. The maximum absolute atomic E-state index is 5.56. The molecule has 3 heterocycles. The number of aromatic nitrogens is 2. The highest BCUT2D eigenvalue weighted by Gasteiger charge is 2.14. The summed E-state index contributed by atoms with van der Waals surface area (Å²) < 4.78 is 7.61. The Labute approximate surface area is 101 Å². The standard InChI is InChI=1S/C13H17N3O/c1-2-6-16-10-11(15-13(16)5-1)8-14-9-12-4-3-7-17-12/h1-2,5-6,10,12,14H,3-4,7-9H2. The van der Waals surface area contributed by atoms with Crippen LogP contribution in [0.5, 0.6) is 0 Å². The maximum Gasteiger partial charge on any atom is 0.137 e. The smallest absolute Gasteiger partial charge is 0.137 e.